The summed E-state index contributed by atoms with van der Waals surface area (Å²) in [5, 5.41) is 7.24. The van der Waals surface area contributed by atoms with Crippen LogP contribution in [0.2, 0.25) is 0 Å². The first-order valence-electron chi connectivity index (χ1n) is 10.2. The van der Waals surface area contributed by atoms with Crippen LogP contribution in [0.3, 0.4) is 0 Å². The molecule has 0 aromatic carbocycles. The first-order chi connectivity index (χ1) is 12.3. The molecular weight excluding hydrogens is 350 g/mol. The van der Waals surface area contributed by atoms with Gasteiger partial charge in [0, 0.05) is 25.2 Å². The van der Waals surface area contributed by atoms with Crippen LogP contribution in [0, 0.1) is 5.92 Å². The Bertz CT molecular complexity index is 597. The van der Waals surface area contributed by atoms with E-state index in [1.165, 1.54) is 32.1 Å². The number of hydrogen-bond donors (Lipinski definition) is 2. The molecule has 0 spiro atoms. The van der Waals surface area contributed by atoms with Gasteiger partial charge in [0.15, 0.2) is 15.8 Å². The van der Waals surface area contributed by atoms with Crippen molar-refractivity contribution in [1.29, 1.82) is 0 Å². The quantitative estimate of drug-likeness (QED) is 0.573. The summed E-state index contributed by atoms with van der Waals surface area (Å²) in [6.45, 7) is 5.63. The lowest BCUT2D eigenvalue weighted by atomic mass is 9.94. The number of hydrogen-bond acceptors (Lipinski definition) is 4. The van der Waals surface area contributed by atoms with Gasteiger partial charge in [0.05, 0.1) is 17.1 Å². The number of nitrogens with zero attached hydrogens (tertiary/aromatic N) is 1. The molecule has 0 aromatic rings. The van der Waals surface area contributed by atoms with E-state index in [2.05, 4.69) is 24.5 Å². The first kappa shape index (κ1) is 19.9. The summed E-state index contributed by atoms with van der Waals surface area (Å²) in [5.41, 5.74) is -0.106. The Morgan fingerprint density at radius 3 is 2.46 bits per heavy atom. The average molecular weight is 386 g/mol. The summed E-state index contributed by atoms with van der Waals surface area (Å²) in [4.78, 5) is 4.80. The third-order valence-corrected chi connectivity index (χ3v) is 7.66. The average Bonchev–Trinajstić information content (AvgIpc) is 2.92. The summed E-state index contributed by atoms with van der Waals surface area (Å²) in [6.07, 6.45) is 8.93. The van der Waals surface area contributed by atoms with Crippen LogP contribution in [0.4, 0.5) is 0 Å². The molecule has 2 unspecified atom stereocenters. The maximum absolute atomic E-state index is 11.7. The second kappa shape index (κ2) is 8.46. The van der Waals surface area contributed by atoms with Crippen molar-refractivity contribution in [1.82, 2.24) is 10.6 Å². The molecule has 26 heavy (non-hydrogen) atoms. The molecule has 3 rings (SSSR count). The van der Waals surface area contributed by atoms with Gasteiger partial charge in [-0.3, -0.25) is 4.99 Å². The Kier molecular flexibility index (Phi) is 6.49. The molecule has 2 heterocycles. The highest BCUT2D eigenvalue weighted by atomic mass is 32.2. The van der Waals surface area contributed by atoms with Crippen LogP contribution in [0.1, 0.15) is 65.2 Å². The largest absolute Gasteiger partial charge is 0.375 e. The summed E-state index contributed by atoms with van der Waals surface area (Å²) in [7, 11) is -2.84. The lowest BCUT2D eigenvalue weighted by Crippen LogP contribution is -2.52. The summed E-state index contributed by atoms with van der Waals surface area (Å²) in [5.74, 6) is 1.64. The van der Waals surface area contributed by atoms with Crippen molar-refractivity contribution in [3.8, 4) is 0 Å². The van der Waals surface area contributed by atoms with E-state index in [4.69, 9.17) is 9.73 Å². The minimum atomic E-state index is -2.84. The van der Waals surface area contributed by atoms with E-state index in [-0.39, 0.29) is 17.3 Å². The number of sulfone groups is 1. The second-order valence-corrected chi connectivity index (χ2v) is 11.1. The van der Waals surface area contributed by atoms with Crippen molar-refractivity contribution in [2.45, 2.75) is 82.9 Å². The molecule has 150 valence electrons. The van der Waals surface area contributed by atoms with Gasteiger partial charge in [0.25, 0.3) is 0 Å². The van der Waals surface area contributed by atoms with Crippen molar-refractivity contribution in [3.05, 3.63) is 0 Å². The smallest absolute Gasteiger partial charge is 0.191 e. The highest BCUT2D eigenvalue weighted by Crippen LogP contribution is 2.24. The van der Waals surface area contributed by atoms with Crippen LogP contribution in [0.15, 0.2) is 4.99 Å². The van der Waals surface area contributed by atoms with Crippen LogP contribution in [0.5, 0.6) is 0 Å². The summed E-state index contributed by atoms with van der Waals surface area (Å²) >= 11 is 0. The van der Waals surface area contributed by atoms with E-state index in [0.29, 0.717) is 24.4 Å². The zero-order chi connectivity index (χ0) is 18.6. The zero-order valence-corrected chi connectivity index (χ0v) is 17.1. The van der Waals surface area contributed by atoms with Crippen LogP contribution in [0.25, 0.3) is 0 Å². The fourth-order valence-corrected chi connectivity index (χ4v) is 6.21. The molecule has 0 radical (unpaired) electrons. The predicted octanol–water partition coefficient (Wildman–Crippen LogP) is 2.25. The van der Waals surface area contributed by atoms with Gasteiger partial charge in [-0.2, -0.15) is 0 Å². The maximum atomic E-state index is 11.7. The standard InChI is InChI=1S/C19H35N3O3S/c1-19(2)12-17(8-10-25-19)22-18(21-16-6-4-3-5-7-16)20-13-15-9-11-26(23,24)14-15/h15-17H,3-14H2,1-2H3,(H2,20,21,22). The molecule has 2 aliphatic heterocycles. The molecule has 7 heteroatoms. The Labute approximate surface area is 158 Å². The molecule has 0 aromatic heterocycles. The minimum Gasteiger partial charge on any atom is -0.375 e. The molecule has 2 atom stereocenters. The summed E-state index contributed by atoms with van der Waals surface area (Å²) < 4.78 is 29.2. The van der Waals surface area contributed by atoms with E-state index in [0.717, 1.165) is 31.8 Å². The minimum absolute atomic E-state index is 0.106. The van der Waals surface area contributed by atoms with Gasteiger partial charge in [0.1, 0.15) is 0 Å². The normalized spacial score (nSPS) is 32.3. The highest BCUT2D eigenvalue weighted by Gasteiger charge is 2.30. The summed E-state index contributed by atoms with van der Waals surface area (Å²) in [6, 6.07) is 0.830. The lowest BCUT2D eigenvalue weighted by molar-refractivity contribution is -0.0605. The fraction of sp³-hybridized carbons (Fsp3) is 0.947. The zero-order valence-electron chi connectivity index (χ0n) is 16.3. The molecule has 2 saturated heterocycles. The number of ether oxygens (including phenoxy) is 1. The van der Waals surface area contributed by atoms with Gasteiger partial charge in [-0.25, -0.2) is 8.42 Å². The van der Waals surface area contributed by atoms with Gasteiger partial charge >= 0.3 is 0 Å². The van der Waals surface area contributed by atoms with Crippen molar-refractivity contribution >= 4 is 15.8 Å². The Morgan fingerprint density at radius 2 is 1.81 bits per heavy atom. The van der Waals surface area contributed by atoms with Gasteiger partial charge < -0.3 is 15.4 Å². The first-order valence-corrected chi connectivity index (χ1v) is 12.1. The van der Waals surface area contributed by atoms with Gasteiger partial charge in [-0.15, -0.1) is 0 Å². The molecule has 3 fully saturated rings. The maximum Gasteiger partial charge on any atom is 0.191 e. The lowest BCUT2D eigenvalue weighted by Gasteiger charge is -2.37. The molecule has 2 N–H and O–H groups in total. The number of aliphatic imine (C=N–C) groups is 1. The van der Waals surface area contributed by atoms with E-state index in [1.54, 1.807) is 0 Å². The highest BCUT2D eigenvalue weighted by molar-refractivity contribution is 7.91. The van der Waals surface area contributed by atoms with E-state index < -0.39 is 9.84 Å². The van der Waals surface area contributed by atoms with Crippen LogP contribution in [-0.2, 0) is 14.6 Å². The number of nitrogens with one attached hydrogen (secondary N) is 2. The fourth-order valence-electron chi connectivity index (χ4n) is 4.36. The van der Waals surface area contributed by atoms with Crippen molar-refractivity contribution in [2.24, 2.45) is 10.9 Å². The predicted molar refractivity (Wildman–Crippen MR) is 105 cm³/mol. The van der Waals surface area contributed by atoms with Crippen LogP contribution in [-0.4, -0.2) is 56.7 Å². The van der Waals surface area contributed by atoms with E-state index in [9.17, 15) is 8.42 Å². The van der Waals surface area contributed by atoms with Crippen molar-refractivity contribution in [3.63, 3.8) is 0 Å². The van der Waals surface area contributed by atoms with Crippen molar-refractivity contribution < 1.29 is 13.2 Å². The van der Waals surface area contributed by atoms with Gasteiger partial charge in [-0.05, 0) is 51.9 Å². The van der Waals surface area contributed by atoms with Gasteiger partial charge in [0.2, 0.25) is 0 Å². The van der Waals surface area contributed by atoms with Crippen LogP contribution < -0.4 is 10.6 Å². The monoisotopic (exact) mass is 385 g/mol. The Balaban J connectivity index is 1.61. The number of guanidine groups is 1. The third-order valence-electron chi connectivity index (χ3n) is 5.82. The molecule has 1 saturated carbocycles. The second-order valence-electron chi connectivity index (χ2n) is 8.88. The third kappa shape index (κ3) is 6.12. The molecule has 3 aliphatic rings. The topological polar surface area (TPSA) is 79.8 Å². The Morgan fingerprint density at radius 1 is 1.08 bits per heavy atom. The molecule has 6 nitrogen and oxygen atoms in total. The van der Waals surface area contributed by atoms with E-state index >= 15 is 0 Å². The number of rotatable bonds is 4. The molecule has 0 bridgehead atoms. The Hall–Kier alpha value is -0.820. The molecule has 1 aliphatic carbocycles. The van der Waals surface area contributed by atoms with Gasteiger partial charge in [-0.1, -0.05) is 19.3 Å². The molecule has 0 amide bonds. The van der Waals surface area contributed by atoms with Crippen LogP contribution >= 0.6 is 0 Å². The SMILES string of the molecule is CC1(C)CC(NC(=NCC2CCS(=O)(=O)C2)NC2CCCCC2)CCO1. The molecular formula is C19H35N3O3S. The van der Waals surface area contributed by atoms with E-state index in [1.807, 2.05) is 0 Å². The van der Waals surface area contributed by atoms with Crippen molar-refractivity contribution in [2.75, 3.05) is 24.7 Å².